The molecule has 3 aromatic rings. The van der Waals surface area contributed by atoms with Crippen LogP contribution in [0.5, 0.6) is 0 Å². The summed E-state index contributed by atoms with van der Waals surface area (Å²) in [6.45, 7) is 4.42. The molecule has 0 spiro atoms. The van der Waals surface area contributed by atoms with Gasteiger partial charge in [0.25, 0.3) is 5.91 Å². The summed E-state index contributed by atoms with van der Waals surface area (Å²) in [7, 11) is -2.89. The summed E-state index contributed by atoms with van der Waals surface area (Å²) in [6.07, 6.45) is 1.35. The monoisotopic (exact) mass is 490 g/mol. The highest BCUT2D eigenvalue weighted by molar-refractivity contribution is 7.98. The molecule has 0 aliphatic carbocycles. The second kappa shape index (κ2) is 13.1. The first-order valence-corrected chi connectivity index (χ1v) is 12.9. The van der Waals surface area contributed by atoms with Gasteiger partial charge in [-0.3, -0.25) is 14.7 Å². The Bertz CT molecular complexity index is 1290. The summed E-state index contributed by atoms with van der Waals surface area (Å²) in [4.78, 5) is 24.9. The number of rotatable bonds is 7. The number of hydrogen-bond acceptors (Lipinski definition) is 4. The maximum atomic E-state index is 12.4. The van der Waals surface area contributed by atoms with E-state index in [-0.39, 0.29) is 24.8 Å². The normalized spacial score (nSPS) is 11.7. The molecular formula is C27H30N4O3S. The van der Waals surface area contributed by atoms with Crippen molar-refractivity contribution >= 4 is 33.1 Å². The molecule has 7 nitrogen and oxygen atoms in total. The van der Waals surface area contributed by atoms with Crippen molar-refractivity contribution in [2.75, 3.05) is 11.9 Å². The molecule has 0 aliphatic heterocycles. The van der Waals surface area contributed by atoms with Gasteiger partial charge in [-0.15, -0.1) is 0 Å². The molecule has 35 heavy (non-hydrogen) atoms. The van der Waals surface area contributed by atoms with Crippen LogP contribution in [-0.2, 0) is 14.5 Å². The van der Waals surface area contributed by atoms with Crippen molar-refractivity contribution in [2.24, 2.45) is 5.14 Å². The number of nitrogens with two attached hydrogens (primary N) is 1. The topological polar surface area (TPSA) is 125 Å². The Morgan fingerprint density at radius 2 is 1.60 bits per heavy atom. The highest BCUT2D eigenvalue weighted by atomic mass is 32.2. The Balaban J connectivity index is 0.00000137. The van der Waals surface area contributed by atoms with E-state index in [9.17, 15) is 13.8 Å². The van der Waals surface area contributed by atoms with Crippen LogP contribution in [0, 0.1) is 11.3 Å². The van der Waals surface area contributed by atoms with Crippen molar-refractivity contribution in [3.63, 3.8) is 0 Å². The largest absolute Gasteiger partial charge is 0.352 e. The lowest BCUT2D eigenvalue weighted by molar-refractivity contribution is -0.116. The number of carbonyl (C=O) groups excluding carboxylic acids is 2. The van der Waals surface area contributed by atoms with Crippen molar-refractivity contribution in [2.45, 2.75) is 31.6 Å². The molecule has 182 valence electrons. The van der Waals surface area contributed by atoms with Gasteiger partial charge in [-0.25, -0.2) is 4.21 Å². The SMILES string of the molecule is C=S(N)(=O)c1ccccc1-c1ccc(C(=O)NCCC(=O)Nc2ccc(C#N)cc2)cc1.CCC. The van der Waals surface area contributed by atoms with Gasteiger partial charge in [0, 0.05) is 24.2 Å². The summed E-state index contributed by atoms with van der Waals surface area (Å²) in [6, 6.07) is 22.4. The van der Waals surface area contributed by atoms with Gasteiger partial charge in [0.15, 0.2) is 0 Å². The molecule has 1 atom stereocenters. The van der Waals surface area contributed by atoms with E-state index in [2.05, 4.69) is 30.4 Å². The van der Waals surface area contributed by atoms with Crippen LogP contribution in [0.4, 0.5) is 5.69 Å². The smallest absolute Gasteiger partial charge is 0.251 e. The number of nitriles is 1. The average molecular weight is 491 g/mol. The fourth-order valence-corrected chi connectivity index (χ4v) is 3.92. The number of nitrogens with zero attached hydrogens (tertiary/aromatic N) is 1. The van der Waals surface area contributed by atoms with Crippen LogP contribution in [-0.4, -0.2) is 28.4 Å². The number of amides is 2. The fourth-order valence-electron chi connectivity index (χ4n) is 3.05. The Labute approximate surface area is 207 Å². The molecule has 0 radical (unpaired) electrons. The Kier molecular flexibility index (Phi) is 10.2. The second-order valence-corrected chi connectivity index (χ2v) is 9.64. The molecule has 2 amide bonds. The van der Waals surface area contributed by atoms with Crippen molar-refractivity contribution in [3.05, 3.63) is 83.9 Å². The molecule has 0 bridgehead atoms. The van der Waals surface area contributed by atoms with Crippen molar-refractivity contribution in [1.29, 1.82) is 5.26 Å². The predicted molar refractivity (Wildman–Crippen MR) is 142 cm³/mol. The highest BCUT2D eigenvalue weighted by Crippen LogP contribution is 2.26. The van der Waals surface area contributed by atoms with Gasteiger partial charge < -0.3 is 10.6 Å². The van der Waals surface area contributed by atoms with E-state index in [1.54, 1.807) is 66.7 Å². The molecule has 3 aromatic carbocycles. The molecular weight excluding hydrogens is 460 g/mol. The average Bonchev–Trinajstić information content (AvgIpc) is 2.84. The van der Waals surface area contributed by atoms with Crippen LogP contribution >= 0.6 is 0 Å². The van der Waals surface area contributed by atoms with Gasteiger partial charge in [-0.1, -0.05) is 50.6 Å². The lowest BCUT2D eigenvalue weighted by atomic mass is 10.0. The molecule has 0 aliphatic rings. The molecule has 0 saturated carbocycles. The maximum absolute atomic E-state index is 12.4. The first kappa shape index (κ1) is 27.3. The fraction of sp³-hybridized carbons (Fsp3) is 0.185. The molecule has 0 saturated heterocycles. The number of anilines is 1. The van der Waals surface area contributed by atoms with Crippen LogP contribution < -0.4 is 15.8 Å². The molecule has 8 heteroatoms. The zero-order chi connectivity index (χ0) is 25.8. The van der Waals surface area contributed by atoms with Crippen LogP contribution in [0.2, 0.25) is 0 Å². The first-order valence-electron chi connectivity index (χ1n) is 11.1. The third-order valence-corrected chi connectivity index (χ3v) is 5.75. The Hall–Kier alpha value is -3.93. The van der Waals surface area contributed by atoms with E-state index in [0.29, 0.717) is 27.3 Å². The van der Waals surface area contributed by atoms with Crippen LogP contribution in [0.1, 0.15) is 42.6 Å². The molecule has 3 rings (SSSR count). The quantitative estimate of drug-likeness (QED) is 0.426. The molecule has 0 aromatic heterocycles. The van der Waals surface area contributed by atoms with E-state index in [4.69, 9.17) is 10.4 Å². The summed E-state index contributed by atoms with van der Waals surface area (Å²) < 4.78 is 12.2. The van der Waals surface area contributed by atoms with E-state index >= 15 is 0 Å². The molecule has 0 heterocycles. The zero-order valence-electron chi connectivity index (χ0n) is 19.9. The van der Waals surface area contributed by atoms with Gasteiger partial charge >= 0.3 is 0 Å². The Morgan fingerprint density at radius 1 is 1.00 bits per heavy atom. The predicted octanol–water partition coefficient (Wildman–Crippen LogP) is 4.35. The van der Waals surface area contributed by atoms with E-state index in [1.165, 1.54) is 6.42 Å². The maximum Gasteiger partial charge on any atom is 0.251 e. The minimum Gasteiger partial charge on any atom is -0.352 e. The second-order valence-electron chi connectivity index (χ2n) is 7.75. The van der Waals surface area contributed by atoms with Gasteiger partial charge in [-0.2, -0.15) is 5.26 Å². The first-order chi connectivity index (χ1) is 16.7. The molecule has 4 N–H and O–H groups in total. The van der Waals surface area contributed by atoms with E-state index in [1.807, 2.05) is 12.1 Å². The number of benzene rings is 3. The van der Waals surface area contributed by atoms with E-state index in [0.717, 1.165) is 5.56 Å². The van der Waals surface area contributed by atoms with Crippen molar-refractivity contribution in [1.82, 2.24) is 5.32 Å². The van der Waals surface area contributed by atoms with Gasteiger partial charge in [0.2, 0.25) is 5.91 Å². The van der Waals surface area contributed by atoms with Gasteiger partial charge in [0.05, 0.1) is 26.2 Å². The highest BCUT2D eigenvalue weighted by Gasteiger charge is 2.12. The van der Waals surface area contributed by atoms with Gasteiger partial charge in [0.1, 0.15) is 0 Å². The minimum absolute atomic E-state index is 0.103. The van der Waals surface area contributed by atoms with Crippen LogP contribution in [0.15, 0.2) is 77.7 Å². The van der Waals surface area contributed by atoms with E-state index < -0.39 is 9.71 Å². The van der Waals surface area contributed by atoms with Crippen molar-refractivity contribution < 1.29 is 13.8 Å². The number of carbonyl (C=O) groups is 2. The third-order valence-electron chi connectivity index (χ3n) is 4.65. The third kappa shape index (κ3) is 8.41. The van der Waals surface area contributed by atoms with Crippen LogP contribution in [0.3, 0.4) is 0 Å². The Morgan fingerprint density at radius 3 is 2.17 bits per heavy atom. The molecule has 0 fully saturated rings. The summed E-state index contributed by atoms with van der Waals surface area (Å²) in [5.74, 6) is 2.99. The standard InChI is InChI=1S/C24H22N4O3S.C3H8/c1-32(26,31)22-5-3-2-4-21(22)18-8-10-19(11-9-18)24(30)27-15-14-23(29)28-20-12-6-17(16-25)7-13-20;1-3-2/h2-13H,1,14-15H2,(H2,26,31)(H,27,30)(H,28,29);3H2,1-2H3. The minimum atomic E-state index is -2.89. The van der Waals surface area contributed by atoms with Gasteiger partial charge in [-0.05, 0) is 59.5 Å². The van der Waals surface area contributed by atoms with Crippen molar-refractivity contribution in [3.8, 4) is 17.2 Å². The zero-order valence-corrected chi connectivity index (χ0v) is 20.7. The molecule has 1 unspecified atom stereocenters. The number of nitrogens with one attached hydrogen (secondary N) is 2. The lowest BCUT2D eigenvalue weighted by Gasteiger charge is -2.11. The number of hydrogen-bond donors (Lipinski definition) is 3. The summed E-state index contributed by atoms with van der Waals surface area (Å²) in [5.41, 5.74) is 2.98. The van der Waals surface area contributed by atoms with Crippen LogP contribution in [0.25, 0.3) is 11.1 Å². The summed E-state index contributed by atoms with van der Waals surface area (Å²) >= 11 is 0. The lowest BCUT2D eigenvalue weighted by Crippen LogP contribution is -2.27. The summed E-state index contributed by atoms with van der Waals surface area (Å²) in [5, 5.41) is 19.9.